The highest BCUT2D eigenvalue weighted by molar-refractivity contribution is 5.86. The minimum absolute atomic E-state index is 0.215. The van der Waals surface area contributed by atoms with Gasteiger partial charge in [0.05, 0.1) is 11.6 Å². The van der Waals surface area contributed by atoms with Crippen LogP contribution in [-0.2, 0) is 19.3 Å². The van der Waals surface area contributed by atoms with E-state index < -0.39 is 0 Å². The molecule has 1 aromatic heterocycles. The lowest BCUT2D eigenvalue weighted by atomic mass is 9.94. The van der Waals surface area contributed by atoms with Crippen molar-refractivity contribution in [2.45, 2.75) is 38.6 Å². The maximum absolute atomic E-state index is 8.87. The van der Waals surface area contributed by atoms with E-state index in [0.29, 0.717) is 5.56 Å². The van der Waals surface area contributed by atoms with E-state index in [9.17, 15) is 0 Å². The molecule has 3 N–H and O–H groups in total. The number of rotatable bonds is 5. The zero-order chi connectivity index (χ0) is 17.2. The molecule has 1 heterocycles. The summed E-state index contributed by atoms with van der Waals surface area (Å²) >= 11 is 0. The molecule has 3 nitrogen and oxygen atoms in total. The van der Waals surface area contributed by atoms with Crippen molar-refractivity contribution in [2.24, 2.45) is 5.73 Å². The summed E-state index contributed by atoms with van der Waals surface area (Å²) in [7, 11) is 0. The van der Waals surface area contributed by atoms with Crippen LogP contribution in [0.25, 0.3) is 10.9 Å². The zero-order valence-electron chi connectivity index (χ0n) is 14.3. The topological polar surface area (TPSA) is 65.6 Å². The number of nitrogens with zero attached hydrogens (tertiary/aromatic N) is 1. The molecule has 3 rings (SSSR count). The minimum atomic E-state index is -0.215. The molecule has 0 bridgehead atoms. The minimum Gasteiger partial charge on any atom is -0.361 e. The van der Waals surface area contributed by atoms with E-state index in [1.54, 1.807) is 0 Å². The van der Waals surface area contributed by atoms with Crippen LogP contribution in [0.3, 0.4) is 0 Å². The van der Waals surface area contributed by atoms with Crippen molar-refractivity contribution in [3.05, 3.63) is 70.9 Å². The van der Waals surface area contributed by atoms with Gasteiger partial charge in [-0.15, -0.1) is 0 Å². The smallest absolute Gasteiger partial charge is 0.0991 e. The summed E-state index contributed by atoms with van der Waals surface area (Å²) in [5.41, 5.74) is 11.7. The fourth-order valence-electron chi connectivity index (χ4n) is 3.15. The molecule has 0 amide bonds. The number of nitriles is 1. The Balaban J connectivity index is 1.81. The van der Waals surface area contributed by atoms with Gasteiger partial charge in [-0.3, -0.25) is 0 Å². The van der Waals surface area contributed by atoms with E-state index in [-0.39, 0.29) is 5.54 Å². The molecule has 0 atom stereocenters. The van der Waals surface area contributed by atoms with Crippen LogP contribution in [0.4, 0.5) is 0 Å². The summed E-state index contributed by atoms with van der Waals surface area (Å²) in [6.45, 7) is 4.11. The monoisotopic (exact) mass is 317 g/mol. The molecule has 0 aliphatic heterocycles. The van der Waals surface area contributed by atoms with Gasteiger partial charge in [-0.05, 0) is 61.9 Å². The van der Waals surface area contributed by atoms with Gasteiger partial charge in [0, 0.05) is 22.6 Å². The Labute approximate surface area is 143 Å². The first-order valence-electron chi connectivity index (χ1n) is 8.32. The van der Waals surface area contributed by atoms with Crippen LogP contribution in [-0.4, -0.2) is 10.5 Å². The molecular weight excluding hydrogens is 294 g/mol. The third kappa shape index (κ3) is 3.67. The number of nitrogens with two attached hydrogens (primary N) is 1. The highest BCUT2D eigenvalue weighted by atomic mass is 14.7. The molecule has 0 saturated heterocycles. The van der Waals surface area contributed by atoms with Gasteiger partial charge in [-0.25, -0.2) is 0 Å². The van der Waals surface area contributed by atoms with Gasteiger partial charge in [0.25, 0.3) is 0 Å². The second-order valence-corrected chi connectivity index (χ2v) is 7.13. The standard InChI is InChI=1S/C21H23N3/c1-21(2,23)12-18-14-24-20-17(4-3-5-19(18)20)11-10-15-6-8-16(13-22)9-7-15/h3-9,14,24H,10-12,23H2,1-2H3. The molecule has 3 heteroatoms. The second-order valence-electron chi connectivity index (χ2n) is 7.13. The van der Waals surface area contributed by atoms with Crippen LogP contribution in [0.15, 0.2) is 48.7 Å². The second kappa shape index (κ2) is 6.51. The summed E-state index contributed by atoms with van der Waals surface area (Å²) < 4.78 is 0. The Morgan fingerprint density at radius 3 is 2.46 bits per heavy atom. The highest BCUT2D eigenvalue weighted by Gasteiger charge is 2.15. The lowest BCUT2D eigenvalue weighted by Gasteiger charge is -2.17. The predicted octanol–water partition coefficient (Wildman–Crippen LogP) is 4.10. The maximum atomic E-state index is 8.87. The Bertz CT molecular complexity index is 874. The summed E-state index contributed by atoms with van der Waals surface area (Å²) in [6, 6.07) is 16.5. The van der Waals surface area contributed by atoms with E-state index in [2.05, 4.69) is 49.3 Å². The number of aromatic amines is 1. The van der Waals surface area contributed by atoms with Crippen molar-refractivity contribution in [2.75, 3.05) is 0 Å². The molecule has 2 aromatic carbocycles. The van der Waals surface area contributed by atoms with Crippen LogP contribution in [0.2, 0.25) is 0 Å². The van der Waals surface area contributed by atoms with E-state index in [1.807, 2.05) is 24.3 Å². The maximum Gasteiger partial charge on any atom is 0.0991 e. The van der Waals surface area contributed by atoms with Crippen molar-refractivity contribution >= 4 is 10.9 Å². The third-order valence-corrected chi connectivity index (χ3v) is 4.30. The summed E-state index contributed by atoms with van der Waals surface area (Å²) in [5, 5.41) is 10.1. The molecule has 0 aliphatic carbocycles. The average molecular weight is 317 g/mol. The van der Waals surface area contributed by atoms with E-state index >= 15 is 0 Å². The molecule has 0 fully saturated rings. The number of hydrogen-bond donors (Lipinski definition) is 2. The average Bonchev–Trinajstić information content (AvgIpc) is 2.95. The van der Waals surface area contributed by atoms with Gasteiger partial charge in [-0.2, -0.15) is 5.26 Å². The van der Waals surface area contributed by atoms with Crippen LogP contribution >= 0.6 is 0 Å². The molecule has 24 heavy (non-hydrogen) atoms. The summed E-state index contributed by atoms with van der Waals surface area (Å²) in [5.74, 6) is 0. The number of H-pyrrole nitrogens is 1. The van der Waals surface area contributed by atoms with Gasteiger partial charge < -0.3 is 10.7 Å². The molecular formula is C21H23N3. The Kier molecular flexibility index (Phi) is 4.42. The molecule has 0 spiro atoms. The summed E-state index contributed by atoms with van der Waals surface area (Å²) in [6.07, 6.45) is 4.87. The molecule has 0 aliphatic rings. The molecule has 0 radical (unpaired) electrons. The van der Waals surface area contributed by atoms with Crippen LogP contribution in [0.1, 0.15) is 36.1 Å². The first kappa shape index (κ1) is 16.3. The fraction of sp³-hybridized carbons (Fsp3) is 0.286. The molecule has 122 valence electrons. The largest absolute Gasteiger partial charge is 0.361 e. The van der Waals surface area contributed by atoms with Crippen molar-refractivity contribution in [1.29, 1.82) is 5.26 Å². The van der Waals surface area contributed by atoms with Crippen LogP contribution in [0, 0.1) is 11.3 Å². The Hall–Kier alpha value is -2.57. The van der Waals surface area contributed by atoms with Crippen LogP contribution < -0.4 is 5.73 Å². The lowest BCUT2D eigenvalue weighted by Crippen LogP contribution is -2.34. The number of benzene rings is 2. The van der Waals surface area contributed by atoms with Gasteiger partial charge in [0.2, 0.25) is 0 Å². The molecule has 0 saturated carbocycles. The predicted molar refractivity (Wildman–Crippen MR) is 98.8 cm³/mol. The molecule has 3 aromatic rings. The van der Waals surface area contributed by atoms with Gasteiger partial charge >= 0.3 is 0 Å². The van der Waals surface area contributed by atoms with Crippen LogP contribution in [0.5, 0.6) is 0 Å². The zero-order valence-corrected chi connectivity index (χ0v) is 14.3. The lowest BCUT2D eigenvalue weighted by molar-refractivity contribution is 0.518. The van der Waals surface area contributed by atoms with Gasteiger partial charge in [-0.1, -0.05) is 30.3 Å². The van der Waals surface area contributed by atoms with Crippen molar-refractivity contribution in [1.82, 2.24) is 4.98 Å². The van der Waals surface area contributed by atoms with Crippen molar-refractivity contribution < 1.29 is 0 Å². The SMILES string of the molecule is CC(C)(N)Cc1c[nH]c2c(CCc3ccc(C#N)cc3)cccc12. The van der Waals surface area contributed by atoms with E-state index in [1.165, 1.54) is 27.6 Å². The Morgan fingerprint density at radius 1 is 1.04 bits per heavy atom. The highest BCUT2D eigenvalue weighted by Crippen LogP contribution is 2.25. The van der Waals surface area contributed by atoms with Crippen molar-refractivity contribution in [3.63, 3.8) is 0 Å². The van der Waals surface area contributed by atoms with Crippen molar-refractivity contribution in [3.8, 4) is 6.07 Å². The number of hydrogen-bond acceptors (Lipinski definition) is 2. The van der Waals surface area contributed by atoms with Gasteiger partial charge in [0.15, 0.2) is 0 Å². The Morgan fingerprint density at radius 2 is 1.79 bits per heavy atom. The van der Waals surface area contributed by atoms with Gasteiger partial charge in [0.1, 0.15) is 0 Å². The first-order valence-corrected chi connectivity index (χ1v) is 8.32. The first-order chi connectivity index (χ1) is 11.5. The molecule has 0 unspecified atom stereocenters. The third-order valence-electron chi connectivity index (χ3n) is 4.30. The van der Waals surface area contributed by atoms with E-state index in [0.717, 1.165) is 19.3 Å². The number of nitrogens with one attached hydrogen (secondary N) is 1. The number of para-hydroxylation sites is 1. The number of fused-ring (bicyclic) bond motifs is 1. The fourth-order valence-corrected chi connectivity index (χ4v) is 3.15. The normalized spacial score (nSPS) is 11.6. The quantitative estimate of drug-likeness (QED) is 0.744. The number of aryl methyl sites for hydroxylation is 2. The van der Waals surface area contributed by atoms with E-state index in [4.69, 9.17) is 11.0 Å². The number of aromatic nitrogens is 1. The summed E-state index contributed by atoms with van der Waals surface area (Å²) in [4.78, 5) is 3.44.